The SMILES string of the molecule is CCN(CC)c1ccc(-c2cnc(CN(C3CCCCC3)C3CCCCC3)[nH]2)cc1. The van der Waals surface area contributed by atoms with Crippen molar-refractivity contribution >= 4 is 5.69 Å². The Kier molecular flexibility index (Phi) is 7.48. The molecule has 2 fully saturated rings. The zero-order valence-electron chi connectivity index (χ0n) is 19.1. The summed E-state index contributed by atoms with van der Waals surface area (Å²) in [7, 11) is 0. The molecule has 0 atom stereocenters. The van der Waals surface area contributed by atoms with Crippen molar-refractivity contribution in [3.63, 3.8) is 0 Å². The highest BCUT2D eigenvalue weighted by Gasteiger charge is 2.29. The Hall–Kier alpha value is -1.81. The Morgan fingerprint density at radius 2 is 1.40 bits per heavy atom. The minimum Gasteiger partial charge on any atom is -0.372 e. The Balaban J connectivity index is 1.47. The van der Waals surface area contributed by atoms with Crippen LogP contribution in [0.5, 0.6) is 0 Å². The highest BCUT2D eigenvalue weighted by Crippen LogP contribution is 2.31. The molecule has 0 bridgehead atoms. The Morgan fingerprint density at radius 3 is 1.93 bits per heavy atom. The van der Waals surface area contributed by atoms with Crippen molar-refractivity contribution in [3.05, 3.63) is 36.3 Å². The van der Waals surface area contributed by atoms with E-state index in [2.05, 4.69) is 52.9 Å². The van der Waals surface area contributed by atoms with Gasteiger partial charge in [0, 0.05) is 30.9 Å². The predicted octanol–water partition coefficient (Wildman–Crippen LogP) is 6.39. The molecule has 0 saturated heterocycles. The van der Waals surface area contributed by atoms with Crippen LogP contribution in [0.3, 0.4) is 0 Å². The normalized spacial score (nSPS) is 18.8. The molecule has 164 valence electrons. The Bertz CT molecular complexity index is 732. The number of hydrogen-bond donors (Lipinski definition) is 1. The third-order valence-electron chi connectivity index (χ3n) is 7.36. The average molecular weight is 409 g/mol. The first-order valence-electron chi connectivity index (χ1n) is 12.4. The van der Waals surface area contributed by atoms with E-state index in [9.17, 15) is 0 Å². The van der Waals surface area contributed by atoms with Crippen molar-refractivity contribution in [1.82, 2.24) is 14.9 Å². The number of aromatic amines is 1. The monoisotopic (exact) mass is 408 g/mol. The van der Waals surface area contributed by atoms with E-state index in [1.807, 2.05) is 6.20 Å². The minimum absolute atomic E-state index is 0.753. The van der Waals surface area contributed by atoms with Gasteiger partial charge in [0.05, 0.1) is 18.4 Å². The maximum atomic E-state index is 4.80. The molecule has 1 aromatic heterocycles. The van der Waals surface area contributed by atoms with Gasteiger partial charge >= 0.3 is 0 Å². The van der Waals surface area contributed by atoms with Crippen molar-refractivity contribution in [2.45, 2.75) is 96.7 Å². The molecule has 30 heavy (non-hydrogen) atoms. The number of H-pyrrole nitrogens is 1. The second-order valence-corrected chi connectivity index (χ2v) is 9.22. The lowest BCUT2D eigenvalue weighted by atomic mass is 9.88. The molecule has 2 aliphatic rings. The van der Waals surface area contributed by atoms with Gasteiger partial charge in [0.1, 0.15) is 5.82 Å². The van der Waals surface area contributed by atoms with Crippen molar-refractivity contribution in [2.24, 2.45) is 0 Å². The summed E-state index contributed by atoms with van der Waals surface area (Å²) < 4.78 is 0. The molecule has 0 unspecified atom stereocenters. The summed E-state index contributed by atoms with van der Waals surface area (Å²) in [5, 5.41) is 0. The Labute approximate surface area is 183 Å². The smallest absolute Gasteiger partial charge is 0.120 e. The number of anilines is 1. The molecule has 2 saturated carbocycles. The second-order valence-electron chi connectivity index (χ2n) is 9.22. The molecule has 2 aromatic rings. The fourth-order valence-electron chi connectivity index (χ4n) is 5.58. The molecule has 4 nitrogen and oxygen atoms in total. The summed E-state index contributed by atoms with van der Waals surface area (Å²) in [5.41, 5.74) is 3.67. The topological polar surface area (TPSA) is 35.2 Å². The van der Waals surface area contributed by atoms with Crippen LogP contribution >= 0.6 is 0 Å². The second kappa shape index (κ2) is 10.5. The minimum atomic E-state index is 0.753. The maximum Gasteiger partial charge on any atom is 0.120 e. The Morgan fingerprint density at radius 1 is 0.833 bits per heavy atom. The zero-order chi connectivity index (χ0) is 20.8. The fraction of sp³-hybridized carbons (Fsp3) is 0.654. The summed E-state index contributed by atoms with van der Waals surface area (Å²) in [6.45, 7) is 7.49. The molecule has 2 aliphatic carbocycles. The van der Waals surface area contributed by atoms with Crippen molar-refractivity contribution in [1.29, 1.82) is 0 Å². The number of rotatable bonds is 8. The lowest BCUT2D eigenvalue weighted by Gasteiger charge is -2.41. The number of aromatic nitrogens is 2. The molecular weight excluding hydrogens is 368 g/mol. The first kappa shape index (κ1) is 21.4. The number of nitrogens with zero attached hydrogens (tertiary/aromatic N) is 3. The van der Waals surface area contributed by atoms with E-state index in [4.69, 9.17) is 4.98 Å². The van der Waals surface area contributed by atoms with Crippen LogP contribution in [0, 0.1) is 0 Å². The quantitative estimate of drug-likeness (QED) is 0.549. The van der Waals surface area contributed by atoms with E-state index in [0.29, 0.717) is 0 Å². The van der Waals surface area contributed by atoms with Crippen LogP contribution in [0.2, 0.25) is 0 Å². The lowest BCUT2D eigenvalue weighted by molar-refractivity contribution is 0.0708. The van der Waals surface area contributed by atoms with Crippen LogP contribution in [0.15, 0.2) is 30.5 Å². The largest absolute Gasteiger partial charge is 0.372 e. The average Bonchev–Trinajstić information content (AvgIpc) is 3.29. The summed E-state index contributed by atoms with van der Waals surface area (Å²) >= 11 is 0. The van der Waals surface area contributed by atoms with Crippen molar-refractivity contribution in [3.8, 4) is 11.3 Å². The van der Waals surface area contributed by atoms with Gasteiger partial charge in [-0.1, -0.05) is 50.7 Å². The van der Waals surface area contributed by atoms with E-state index in [0.717, 1.165) is 43.2 Å². The van der Waals surface area contributed by atoms with Gasteiger partial charge in [0.25, 0.3) is 0 Å². The van der Waals surface area contributed by atoms with Crippen LogP contribution < -0.4 is 4.90 Å². The van der Waals surface area contributed by atoms with Crippen molar-refractivity contribution in [2.75, 3.05) is 18.0 Å². The molecule has 1 aromatic carbocycles. The number of nitrogens with one attached hydrogen (secondary N) is 1. The lowest BCUT2D eigenvalue weighted by Crippen LogP contribution is -2.44. The van der Waals surface area contributed by atoms with Crippen LogP contribution in [-0.2, 0) is 6.54 Å². The maximum absolute atomic E-state index is 4.80. The number of imidazole rings is 1. The van der Waals surface area contributed by atoms with Crippen molar-refractivity contribution < 1.29 is 0 Å². The molecule has 0 spiro atoms. The van der Waals surface area contributed by atoms with Gasteiger partial charge in [-0.3, -0.25) is 4.90 Å². The first-order chi connectivity index (χ1) is 14.8. The van der Waals surface area contributed by atoms with Gasteiger partial charge in [-0.15, -0.1) is 0 Å². The van der Waals surface area contributed by atoms with E-state index >= 15 is 0 Å². The van der Waals surface area contributed by atoms with E-state index in [-0.39, 0.29) is 0 Å². The van der Waals surface area contributed by atoms with E-state index in [1.165, 1.54) is 75.5 Å². The van der Waals surface area contributed by atoms with Gasteiger partial charge in [-0.05, 0) is 57.2 Å². The fourth-order valence-corrected chi connectivity index (χ4v) is 5.58. The predicted molar refractivity (Wildman–Crippen MR) is 127 cm³/mol. The molecule has 0 amide bonds. The summed E-state index contributed by atoms with van der Waals surface area (Å²) in [5.74, 6) is 1.13. The van der Waals surface area contributed by atoms with Crippen LogP contribution in [0.25, 0.3) is 11.3 Å². The van der Waals surface area contributed by atoms with E-state index in [1.54, 1.807) is 0 Å². The zero-order valence-corrected chi connectivity index (χ0v) is 19.1. The first-order valence-corrected chi connectivity index (χ1v) is 12.4. The molecule has 1 heterocycles. The van der Waals surface area contributed by atoms with Gasteiger partial charge in [-0.25, -0.2) is 4.98 Å². The van der Waals surface area contributed by atoms with Gasteiger partial charge in [-0.2, -0.15) is 0 Å². The van der Waals surface area contributed by atoms with Gasteiger partial charge in [0.2, 0.25) is 0 Å². The summed E-state index contributed by atoms with van der Waals surface area (Å²) in [6.07, 6.45) is 16.0. The van der Waals surface area contributed by atoms with Crippen LogP contribution in [0.4, 0.5) is 5.69 Å². The van der Waals surface area contributed by atoms with Crippen LogP contribution in [-0.4, -0.2) is 40.0 Å². The summed E-state index contributed by atoms with van der Waals surface area (Å²) in [4.78, 5) is 13.7. The highest BCUT2D eigenvalue weighted by atomic mass is 15.2. The highest BCUT2D eigenvalue weighted by molar-refractivity contribution is 5.62. The summed E-state index contributed by atoms with van der Waals surface area (Å²) in [6, 6.07) is 10.4. The number of hydrogen-bond acceptors (Lipinski definition) is 3. The van der Waals surface area contributed by atoms with Gasteiger partial charge < -0.3 is 9.88 Å². The molecule has 0 aliphatic heterocycles. The van der Waals surface area contributed by atoms with Crippen LogP contribution in [0.1, 0.15) is 83.9 Å². The standard InChI is InChI=1S/C26H40N4/c1-3-29(4-2)22-17-15-21(16-18-22)25-19-27-26(28-25)20-30(23-11-7-5-8-12-23)24-13-9-6-10-14-24/h15-19,23-24H,3-14,20H2,1-2H3,(H,27,28). The third kappa shape index (κ3) is 5.08. The third-order valence-corrected chi connectivity index (χ3v) is 7.36. The van der Waals surface area contributed by atoms with Gasteiger partial charge in [0.15, 0.2) is 0 Å². The molecule has 4 rings (SSSR count). The van der Waals surface area contributed by atoms with E-state index < -0.39 is 0 Å². The molecule has 1 N–H and O–H groups in total. The molecule has 4 heteroatoms. The number of benzene rings is 1. The molecular formula is C26H40N4. The molecule has 0 radical (unpaired) electrons.